The Morgan fingerprint density at radius 2 is 1.88 bits per heavy atom. The monoisotopic (exact) mass is 222 g/mol. The second-order valence-electron chi connectivity index (χ2n) is 4.51. The highest BCUT2D eigenvalue weighted by molar-refractivity contribution is 6.00. The predicted molar refractivity (Wildman–Crippen MR) is 66.2 cm³/mol. The van der Waals surface area contributed by atoms with Crippen LogP contribution in [0.5, 0.6) is 0 Å². The topological polar surface area (TPSA) is 37.3 Å². The molecule has 0 bridgehead atoms. The van der Waals surface area contributed by atoms with Crippen molar-refractivity contribution in [2.75, 3.05) is 0 Å². The zero-order chi connectivity index (χ0) is 11.8. The van der Waals surface area contributed by atoms with Crippen LogP contribution in [0.15, 0.2) is 24.3 Å². The summed E-state index contributed by atoms with van der Waals surface area (Å²) in [5.74, 6) is 0.468. The summed E-state index contributed by atoms with van der Waals surface area (Å²) in [6, 6.07) is 0. The molecule has 0 amide bonds. The molecule has 16 heavy (non-hydrogen) atoms. The first-order chi connectivity index (χ1) is 7.72. The van der Waals surface area contributed by atoms with Crippen molar-refractivity contribution in [1.29, 1.82) is 0 Å². The quantitative estimate of drug-likeness (QED) is 0.719. The Morgan fingerprint density at radius 3 is 2.50 bits per heavy atom. The smallest absolute Gasteiger partial charge is 0.178 e. The van der Waals surface area contributed by atoms with Crippen LogP contribution in [0.2, 0.25) is 0 Å². The Morgan fingerprint density at radius 1 is 1.25 bits per heavy atom. The average molecular weight is 222 g/mol. The van der Waals surface area contributed by atoms with Gasteiger partial charge in [0.1, 0.15) is 0 Å². The summed E-state index contributed by atoms with van der Waals surface area (Å²) in [5, 5.41) is 9.66. The van der Waals surface area contributed by atoms with E-state index in [0.717, 1.165) is 38.5 Å². The highest BCUT2D eigenvalue weighted by Crippen LogP contribution is 2.17. The summed E-state index contributed by atoms with van der Waals surface area (Å²) in [7, 11) is 0. The first-order valence-corrected chi connectivity index (χ1v) is 6.30. The van der Waals surface area contributed by atoms with Gasteiger partial charge in [-0.05, 0) is 43.8 Å². The van der Waals surface area contributed by atoms with E-state index in [4.69, 9.17) is 0 Å². The lowest BCUT2D eigenvalue weighted by Gasteiger charge is -2.13. The minimum absolute atomic E-state index is 0.0826. The minimum Gasteiger partial charge on any atom is -0.393 e. The van der Waals surface area contributed by atoms with E-state index in [0.29, 0.717) is 5.92 Å². The molecule has 1 unspecified atom stereocenters. The number of hydrogen-bond donors (Lipinski definition) is 1. The van der Waals surface area contributed by atoms with Gasteiger partial charge in [0.2, 0.25) is 0 Å². The van der Waals surface area contributed by atoms with Crippen LogP contribution in [-0.2, 0) is 4.79 Å². The van der Waals surface area contributed by atoms with E-state index >= 15 is 0 Å². The molecule has 0 saturated carbocycles. The van der Waals surface area contributed by atoms with Gasteiger partial charge >= 0.3 is 0 Å². The molecule has 0 aromatic heterocycles. The molecular formula is C14H22O2. The standard InChI is InChI=1S/C14H22O2/c1-2-3-6-13(15)7-4-5-12-8-10-14(16)11-9-12/h8-13,15H,2-7H2,1H3. The van der Waals surface area contributed by atoms with Gasteiger partial charge in [-0.1, -0.05) is 31.9 Å². The molecule has 1 aliphatic rings. The molecule has 1 aliphatic carbocycles. The molecule has 0 aromatic rings. The van der Waals surface area contributed by atoms with Crippen molar-refractivity contribution in [1.82, 2.24) is 0 Å². The Bertz CT molecular complexity index is 250. The number of unbranched alkanes of at least 4 members (excludes halogenated alkanes) is 1. The number of rotatable bonds is 7. The van der Waals surface area contributed by atoms with Gasteiger partial charge in [0, 0.05) is 0 Å². The Kier molecular flexibility index (Phi) is 6.09. The second kappa shape index (κ2) is 7.39. The van der Waals surface area contributed by atoms with Crippen molar-refractivity contribution in [3.63, 3.8) is 0 Å². The summed E-state index contributed by atoms with van der Waals surface area (Å²) >= 11 is 0. The molecule has 1 atom stereocenters. The molecule has 0 heterocycles. The number of carbonyl (C=O) groups excluding carboxylic acids is 1. The van der Waals surface area contributed by atoms with Gasteiger partial charge in [0.15, 0.2) is 5.78 Å². The predicted octanol–water partition coefficient (Wildman–Crippen LogP) is 3.02. The Balaban J connectivity index is 2.09. The van der Waals surface area contributed by atoms with Crippen LogP contribution in [-0.4, -0.2) is 17.0 Å². The number of aliphatic hydroxyl groups excluding tert-OH is 1. The van der Waals surface area contributed by atoms with Crippen LogP contribution < -0.4 is 0 Å². The number of allylic oxidation sites excluding steroid dienone is 4. The van der Waals surface area contributed by atoms with E-state index in [1.54, 1.807) is 12.2 Å². The van der Waals surface area contributed by atoms with Gasteiger partial charge in [-0.3, -0.25) is 4.79 Å². The van der Waals surface area contributed by atoms with Crippen molar-refractivity contribution in [3.05, 3.63) is 24.3 Å². The SMILES string of the molecule is CCCCC(O)CCCC1C=CC(=O)C=C1. The van der Waals surface area contributed by atoms with Gasteiger partial charge in [-0.15, -0.1) is 0 Å². The van der Waals surface area contributed by atoms with Crippen LogP contribution >= 0.6 is 0 Å². The first-order valence-electron chi connectivity index (χ1n) is 6.30. The maximum atomic E-state index is 10.9. The third kappa shape index (κ3) is 5.26. The highest BCUT2D eigenvalue weighted by atomic mass is 16.3. The number of ketones is 1. The van der Waals surface area contributed by atoms with Crippen molar-refractivity contribution in [3.8, 4) is 0 Å². The third-order valence-corrected chi connectivity index (χ3v) is 2.98. The number of carbonyl (C=O) groups is 1. The molecular weight excluding hydrogens is 200 g/mol. The van der Waals surface area contributed by atoms with Gasteiger partial charge in [0.25, 0.3) is 0 Å². The molecule has 0 aliphatic heterocycles. The fraction of sp³-hybridized carbons (Fsp3) is 0.643. The van der Waals surface area contributed by atoms with E-state index < -0.39 is 0 Å². The van der Waals surface area contributed by atoms with Gasteiger partial charge < -0.3 is 5.11 Å². The molecule has 0 saturated heterocycles. The zero-order valence-electron chi connectivity index (χ0n) is 10.1. The average Bonchev–Trinajstić information content (AvgIpc) is 2.29. The van der Waals surface area contributed by atoms with E-state index in [1.807, 2.05) is 12.2 Å². The fourth-order valence-electron chi connectivity index (χ4n) is 1.92. The lowest BCUT2D eigenvalue weighted by Crippen LogP contribution is -2.07. The number of aliphatic hydroxyl groups is 1. The normalized spacial score (nSPS) is 18.0. The molecule has 0 fully saturated rings. The minimum atomic E-state index is -0.141. The molecule has 2 nitrogen and oxygen atoms in total. The summed E-state index contributed by atoms with van der Waals surface area (Å²) in [6.07, 6.45) is 13.2. The van der Waals surface area contributed by atoms with Crippen molar-refractivity contribution in [2.45, 2.75) is 51.6 Å². The third-order valence-electron chi connectivity index (χ3n) is 2.98. The lowest BCUT2D eigenvalue weighted by atomic mass is 9.95. The van der Waals surface area contributed by atoms with Crippen LogP contribution in [0.4, 0.5) is 0 Å². The van der Waals surface area contributed by atoms with Crippen LogP contribution in [0, 0.1) is 5.92 Å². The molecule has 2 heteroatoms. The molecule has 0 aromatic carbocycles. The van der Waals surface area contributed by atoms with Gasteiger partial charge in [0.05, 0.1) is 6.10 Å². The first kappa shape index (κ1) is 13.2. The highest BCUT2D eigenvalue weighted by Gasteiger charge is 2.08. The molecule has 0 spiro atoms. The van der Waals surface area contributed by atoms with Crippen LogP contribution in [0.25, 0.3) is 0 Å². The van der Waals surface area contributed by atoms with E-state index in [9.17, 15) is 9.90 Å². The zero-order valence-corrected chi connectivity index (χ0v) is 10.1. The summed E-state index contributed by atoms with van der Waals surface area (Å²) in [5.41, 5.74) is 0. The lowest BCUT2D eigenvalue weighted by molar-refractivity contribution is -0.110. The molecule has 0 radical (unpaired) electrons. The fourth-order valence-corrected chi connectivity index (χ4v) is 1.92. The Labute approximate surface area is 98.1 Å². The maximum Gasteiger partial charge on any atom is 0.178 e. The van der Waals surface area contributed by atoms with Crippen LogP contribution in [0.1, 0.15) is 45.4 Å². The molecule has 1 rings (SSSR count). The Hall–Kier alpha value is -0.890. The number of hydrogen-bond acceptors (Lipinski definition) is 2. The second-order valence-corrected chi connectivity index (χ2v) is 4.51. The largest absolute Gasteiger partial charge is 0.393 e. The van der Waals surface area contributed by atoms with Crippen LogP contribution in [0.3, 0.4) is 0 Å². The maximum absolute atomic E-state index is 10.9. The van der Waals surface area contributed by atoms with E-state index in [2.05, 4.69) is 6.92 Å². The van der Waals surface area contributed by atoms with Crippen molar-refractivity contribution in [2.24, 2.45) is 5.92 Å². The summed E-state index contributed by atoms with van der Waals surface area (Å²) < 4.78 is 0. The summed E-state index contributed by atoms with van der Waals surface area (Å²) in [4.78, 5) is 10.9. The van der Waals surface area contributed by atoms with Crippen molar-refractivity contribution < 1.29 is 9.90 Å². The summed E-state index contributed by atoms with van der Waals surface area (Å²) in [6.45, 7) is 2.14. The van der Waals surface area contributed by atoms with Gasteiger partial charge in [-0.25, -0.2) is 0 Å². The van der Waals surface area contributed by atoms with Gasteiger partial charge in [-0.2, -0.15) is 0 Å². The van der Waals surface area contributed by atoms with E-state index in [1.165, 1.54) is 0 Å². The molecule has 90 valence electrons. The molecule has 1 N–H and O–H groups in total. The van der Waals surface area contributed by atoms with E-state index in [-0.39, 0.29) is 11.9 Å². The van der Waals surface area contributed by atoms with Crippen molar-refractivity contribution >= 4 is 5.78 Å².